The van der Waals surface area contributed by atoms with E-state index >= 15 is 0 Å². The Kier molecular flexibility index (Phi) is 4.74. The highest BCUT2D eigenvalue weighted by Gasteiger charge is 2.12. The van der Waals surface area contributed by atoms with Crippen LogP contribution in [0.2, 0.25) is 0 Å². The predicted octanol–water partition coefficient (Wildman–Crippen LogP) is 2.55. The van der Waals surface area contributed by atoms with Gasteiger partial charge in [0, 0.05) is 18.5 Å². The first-order valence-corrected chi connectivity index (χ1v) is 7.89. The molecule has 25 heavy (non-hydrogen) atoms. The molecule has 0 spiro atoms. The van der Waals surface area contributed by atoms with E-state index in [4.69, 9.17) is 0 Å². The maximum Gasteiger partial charge on any atom is 0.334 e. The van der Waals surface area contributed by atoms with E-state index in [1.54, 1.807) is 42.5 Å². The van der Waals surface area contributed by atoms with Gasteiger partial charge in [0.2, 0.25) is 0 Å². The first kappa shape index (κ1) is 16.6. The van der Waals surface area contributed by atoms with Crippen molar-refractivity contribution < 1.29 is 9.18 Å². The third-order valence-electron chi connectivity index (χ3n) is 3.77. The molecule has 0 aliphatic heterocycles. The Balaban J connectivity index is 1.82. The highest BCUT2D eigenvalue weighted by atomic mass is 19.1. The van der Waals surface area contributed by atoms with Crippen molar-refractivity contribution in [2.75, 3.05) is 5.43 Å². The molecular weight excluding hydrogens is 323 g/mol. The van der Waals surface area contributed by atoms with Crippen molar-refractivity contribution in [3.63, 3.8) is 0 Å². The van der Waals surface area contributed by atoms with Crippen molar-refractivity contribution in [3.8, 4) is 0 Å². The van der Waals surface area contributed by atoms with Crippen molar-refractivity contribution >= 4 is 16.9 Å². The quantitative estimate of drug-likeness (QED) is 0.766. The summed E-state index contributed by atoms with van der Waals surface area (Å²) in [5, 5.41) is 2.95. The second-order valence-electron chi connectivity index (χ2n) is 5.43. The molecule has 7 heteroatoms. The number of nitrogens with zero attached hydrogens (tertiary/aromatic N) is 2. The molecule has 2 N–H and O–H groups in total. The fourth-order valence-electron chi connectivity index (χ4n) is 2.49. The Labute approximate surface area is 143 Å². The van der Waals surface area contributed by atoms with Gasteiger partial charge >= 0.3 is 6.03 Å². The molecule has 2 aromatic carbocycles. The average molecular weight is 340 g/mol. The maximum absolute atomic E-state index is 13.6. The number of urea groups is 1. The van der Waals surface area contributed by atoms with Gasteiger partial charge in [-0.2, -0.15) is 0 Å². The Morgan fingerprint density at radius 1 is 1.16 bits per heavy atom. The second kappa shape index (κ2) is 7.12. The first-order chi connectivity index (χ1) is 12.1. The standard InChI is InChI=1S/C18H17FN4O2/c1-2-16-21-15-10-6-4-8-13(15)17(24)23(16)22-18(25)20-11-12-7-3-5-9-14(12)19/h3-10H,2,11H2,1H3,(H2,20,22,25). The van der Waals surface area contributed by atoms with Crippen molar-refractivity contribution in [2.24, 2.45) is 0 Å². The van der Waals surface area contributed by atoms with Crippen LogP contribution in [0.1, 0.15) is 18.3 Å². The topological polar surface area (TPSA) is 76.0 Å². The van der Waals surface area contributed by atoms with Gasteiger partial charge in [-0.1, -0.05) is 37.3 Å². The number of benzene rings is 2. The fourth-order valence-corrected chi connectivity index (χ4v) is 2.49. The van der Waals surface area contributed by atoms with Crippen molar-refractivity contribution in [2.45, 2.75) is 19.9 Å². The van der Waals surface area contributed by atoms with Gasteiger partial charge in [-0.15, -0.1) is 0 Å². The van der Waals surface area contributed by atoms with Crippen LogP contribution in [0.5, 0.6) is 0 Å². The third-order valence-corrected chi connectivity index (χ3v) is 3.77. The van der Waals surface area contributed by atoms with Gasteiger partial charge in [0.15, 0.2) is 0 Å². The summed E-state index contributed by atoms with van der Waals surface area (Å²) in [5.41, 5.74) is 3.06. The summed E-state index contributed by atoms with van der Waals surface area (Å²) in [6.45, 7) is 1.85. The van der Waals surface area contributed by atoms with E-state index in [2.05, 4.69) is 15.7 Å². The van der Waals surface area contributed by atoms with E-state index in [1.807, 2.05) is 6.92 Å². The summed E-state index contributed by atoms with van der Waals surface area (Å²) in [5.74, 6) is 0.0336. The number of amides is 2. The molecule has 0 aliphatic rings. The van der Waals surface area contributed by atoms with Crippen LogP contribution in [0.3, 0.4) is 0 Å². The number of nitrogens with one attached hydrogen (secondary N) is 2. The molecule has 128 valence electrons. The van der Waals surface area contributed by atoms with Crippen LogP contribution >= 0.6 is 0 Å². The van der Waals surface area contributed by atoms with Crippen molar-refractivity contribution in [1.29, 1.82) is 0 Å². The zero-order chi connectivity index (χ0) is 17.8. The molecule has 6 nitrogen and oxygen atoms in total. The lowest BCUT2D eigenvalue weighted by molar-refractivity contribution is 0.248. The number of hydrogen-bond acceptors (Lipinski definition) is 3. The molecule has 0 bridgehead atoms. The molecule has 0 saturated carbocycles. The number of carbonyl (C=O) groups excluding carboxylic acids is 1. The first-order valence-electron chi connectivity index (χ1n) is 7.89. The highest BCUT2D eigenvalue weighted by Crippen LogP contribution is 2.08. The summed E-state index contributed by atoms with van der Waals surface area (Å²) >= 11 is 0. The van der Waals surface area contributed by atoms with Gasteiger partial charge in [0.1, 0.15) is 11.6 Å². The van der Waals surface area contributed by atoms with Crippen molar-refractivity contribution in [1.82, 2.24) is 15.0 Å². The summed E-state index contributed by atoms with van der Waals surface area (Å²) < 4.78 is 14.7. The van der Waals surface area contributed by atoms with Gasteiger partial charge in [-0.05, 0) is 18.2 Å². The number of para-hydroxylation sites is 1. The third kappa shape index (κ3) is 3.50. The Hall–Kier alpha value is -3.22. The van der Waals surface area contributed by atoms with Crippen LogP contribution in [-0.2, 0) is 13.0 Å². The molecular formula is C18H17FN4O2. The SMILES string of the molecule is CCc1nc2ccccc2c(=O)n1NC(=O)NCc1ccccc1F. The molecule has 0 saturated heterocycles. The molecule has 0 fully saturated rings. The lowest BCUT2D eigenvalue weighted by Gasteiger charge is -2.14. The number of aryl methyl sites for hydroxylation is 1. The summed E-state index contributed by atoms with van der Waals surface area (Å²) in [6, 6.07) is 12.5. The van der Waals surface area contributed by atoms with E-state index in [1.165, 1.54) is 6.07 Å². The molecule has 0 radical (unpaired) electrons. The smallest absolute Gasteiger partial charge is 0.333 e. The van der Waals surface area contributed by atoms with E-state index in [0.29, 0.717) is 28.7 Å². The monoisotopic (exact) mass is 340 g/mol. The summed E-state index contributed by atoms with van der Waals surface area (Å²) in [4.78, 5) is 29.1. The van der Waals surface area contributed by atoms with Crippen LogP contribution in [0.15, 0.2) is 53.3 Å². The van der Waals surface area contributed by atoms with Crippen molar-refractivity contribution in [3.05, 3.63) is 76.1 Å². The van der Waals surface area contributed by atoms with Crippen LogP contribution in [-0.4, -0.2) is 15.7 Å². The number of hydrogen-bond donors (Lipinski definition) is 2. The van der Waals surface area contributed by atoms with Crippen LogP contribution < -0.4 is 16.3 Å². The normalized spacial score (nSPS) is 10.6. The number of halogens is 1. The minimum Gasteiger partial charge on any atom is -0.333 e. The molecule has 1 heterocycles. The van der Waals surface area contributed by atoms with Gasteiger partial charge in [-0.3, -0.25) is 4.79 Å². The number of aromatic nitrogens is 2. The van der Waals surface area contributed by atoms with Gasteiger partial charge in [0.25, 0.3) is 5.56 Å². The molecule has 3 aromatic rings. The maximum atomic E-state index is 13.6. The molecule has 2 amide bonds. The number of fused-ring (bicyclic) bond motifs is 1. The second-order valence-corrected chi connectivity index (χ2v) is 5.43. The van der Waals surface area contributed by atoms with Gasteiger partial charge in [-0.25, -0.2) is 24.3 Å². The predicted molar refractivity (Wildman–Crippen MR) is 93.4 cm³/mol. The molecule has 3 rings (SSSR count). The molecule has 0 aliphatic carbocycles. The average Bonchev–Trinajstić information content (AvgIpc) is 2.63. The lowest BCUT2D eigenvalue weighted by Crippen LogP contribution is -2.41. The van der Waals surface area contributed by atoms with E-state index < -0.39 is 11.8 Å². The summed E-state index contributed by atoms with van der Waals surface area (Å²) in [6.07, 6.45) is 0.466. The van der Waals surface area contributed by atoms with Crippen LogP contribution in [0.25, 0.3) is 10.9 Å². The van der Waals surface area contributed by atoms with E-state index in [-0.39, 0.29) is 12.1 Å². The molecule has 1 aromatic heterocycles. The van der Waals surface area contributed by atoms with E-state index in [9.17, 15) is 14.0 Å². The molecule has 0 unspecified atom stereocenters. The van der Waals surface area contributed by atoms with Crippen LogP contribution in [0, 0.1) is 5.82 Å². The zero-order valence-electron chi connectivity index (χ0n) is 13.6. The number of rotatable bonds is 4. The largest absolute Gasteiger partial charge is 0.334 e. The van der Waals surface area contributed by atoms with E-state index in [0.717, 1.165) is 4.68 Å². The summed E-state index contributed by atoms with van der Waals surface area (Å²) in [7, 11) is 0. The van der Waals surface area contributed by atoms with Gasteiger partial charge < -0.3 is 5.32 Å². The zero-order valence-corrected chi connectivity index (χ0v) is 13.6. The lowest BCUT2D eigenvalue weighted by atomic mass is 10.2. The minimum atomic E-state index is -0.614. The Morgan fingerprint density at radius 2 is 1.88 bits per heavy atom. The number of carbonyl (C=O) groups is 1. The van der Waals surface area contributed by atoms with Gasteiger partial charge in [0.05, 0.1) is 10.9 Å². The highest BCUT2D eigenvalue weighted by molar-refractivity contribution is 5.83. The van der Waals surface area contributed by atoms with Crippen LogP contribution in [0.4, 0.5) is 9.18 Å². The fraction of sp³-hybridized carbons (Fsp3) is 0.167. The Bertz CT molecular complexity index is 984. The Morgan fingerprint density at radius 3 is 2.64 bits per heavy atom. The molecule has 0 atom stereocenters. The minimum absolute atomic E-state index is 0.00965.